The number of rotatable bonds is 5. The van der Waals surface area contributed by atoms with Crippen molar-refractivity contribution in [3.63, 3.8) is 0 Å². The third-order valence-corrected chi connectivity index (χ3v) is 3.87. The lowest BCUT2D eigenvalue weighted by molar-refractivity contribution is -0.384. The Morgan fingerprint density at radius 3 is 1.85 bits per heavy atom. The molecule has 0 saturated heterocycles. The van der Waals surface area contributed by atoms with Gasteiger partial charge in [0.15, 0.2) is 0 Å². The van der Waals surface area contributed by atoms with Crippen molar-refractivity contribution in [3.05, 3.63) is 64.7 Å². The molecule has 0 N–H and O–H groups in total. The van der Waals surface area contributed by atoms with Crippen molar-refractivity contribution in [1.29, 1.82) is 0 Å². The predicted octanol–water partition coefficient (Wildman–Crippen LogP) is 3.79. The number of nitro groups is 1. The quantitative estimate of drug-likeness (QED) is 0.514. The van der Waals surface area contributed by atoms with Crippen LogP contribution < -0.4 is 9.64 Å². The summed E-state index contributed by atoms with van der Waals surface area (Å²) in [5.74, 6) is 1.33. The molecule has 7 nitrogen and oxygen atoms in total. The van der Waals surface area contributed by atoms with Crippen LogP contribution in [0.15, 0.2) is 54.6 Å². The third-order valence-electron chi connectivity index (χ3n) is 3.87. The number of methoxy groups -OCH3 is 1. The molecule has 7 heteroatoms. The van der Waals surface area contributed by atoms with Crippen LogP contribution in [0.4, 0.5) is 11.6 Å². The van der Waals surface area contributed by atoms with Crippen LogP contribution in [0.5, 0.6) is 5.75 Å². The van der Waals surface area contributed by atoms with Crippen molar-refractivity contribution in [2.75, 3.05) is 26.1 Å². The first kappa shape index (κ1) is 17.3. The first-order valence-corrected chi connectivity index (χ1v) is 7.93. The van der Waals surface area contributed by atoms with E-state index < -0.39 is 4.92 Å². The van der Waals surface area contributed by atoms with Gasteiger partial charge in [0, 0.05) is 37.4 Å². The number of non-ortho nitro benzene ring substituents is 1. The van der Waals surface area contributed by atoms with Gasteiger partial charge in [0.1, 0.15) is 5.75 Å². The Morgan fingerprint density at radius 1 is 0.923 bits per heavy atom. The van der Waals surface area contributed by atoms with Crippen LogP contribution >= 0.6 is 0 Å². The highest BCUT2D eigenvalue weighted by atomic mass is 16.6. The van der Waals surface area contributed by atoms with Gasteiger partial charge in [-0.15, -0.1) is 0 Å². The molecule has 2 aromatic carbocycles. The molecule has 0 aliphatic rings. The maximum atomic E-state index is 10.8. The summed E-state index contributed by atoms with van der Waals surface area (Å²) in [5, 5.41) is 10.8. The highest BCUT2D eigenvalue weighted by Crippen LogP contribution is 2.28. The Balaban J connectivity index is 2.07. The molecule has 0 aliphatic carbocycles. The predicted molar refractivity (Wildman–Crippen MR) is 100 cm³/mol. The van der Waals surface area contributed by atoms with Crippen molar-refractivity contribution >= 4 is 11.6 Å². The summed E-state index contributed by atoms with van der Waals surface area (Å²) in [4.78, 5) is 21.4. The average molecular weight is 350 g/mol. The van der Waals surface area contributed by atoms with E-state index in [-0.39, 0.29) is 5.69 Å². The molecule has 0 radical (unpaired) electrons. The number of nitro benzene ring substituents is 1. The average Bonchev–Trinajstić information content (AvgIpc) is 2.67. The van der Waals surface area contributed by atoms with Crippen LogP contribution in [0.1, 0.15) is 0 Å². The van der Waals surface area contributed by atoms with Gasteiger partial charge >= 0.3 is 0 Å². The zero-order valence-corrected chi connectivity index (χ0v) is 14.7. The van der Waals surface area contributed by atoms with Crippen molar-refractivity contribution in [2.24, 2.45) is 0 Å². The lowest BCUT2D eigenvalue weighted by atomic mass is 10.1. The first-order valence-electron chi connectivity index (χ1n) is 7.93. The van der Waals surface area contributed by atoms with Gasteiger partial charge in [-0.3, -0.25) is 10.1 Å². The van der Waals surface area contributed by atoms with E-state index in [0.717, 1.165) is 22.6 Å². The highest BCUT2D eigenvalue weighted by Gasteiger charge is 2.12. The Labute approximate surface area is 151 Å². The Hall–Kier alpha value is -3.48. The Kier molecular flexibility index (Phi) is 4.79. The van der Waals surface area contributed by atoms with E-state index in [9.17, 15) is 10.1 Å². The van der Waals surface area contributed by atoms with Crippen molar-refractivity contribution < 1.29 is 9.66 Å². The maximum Gasteiger partial charge on any atom is 0.269 e. The van der Waals surface area contributed by atoms with Gasteiger partial charge in [0.25, 0.3) is 5.69 Å². The molecule has 0 bridgehead atoms. The van der Waals surface area contributed by atoms with Crippen molar-refractivity contribution in [2.45, 2.75) is 0 Å². The molecule has 0 fully saturated rings. The van der Waals surface area contributed by atoms with Crippen molar-refractivity contribution in [3.8, 4) is 28.3 Å². The van der Waals surface area contributed by atoms with Crippen LogP contribution in [0, 0.1) is 10.1 Å². The molecule has 1 aromatic heterocycles. The fraction of sp³-hybridized carbons (Fsp3) is 0.158. The fourth-order valence-corrected chi connectivity index (χ4v) is 2.45. The van der Waals surface area contributed by atoms with Crippen molar-refractivity contribution in [1.82, 2.24) is 9.97 Å². The van der Waals surface area contributed by atoms with E-state index in [0.29, 0.717) is 11.6 Å². The van der Waals surface area contributed by atoms with Gasteiger partial charge in [-0.2, -0.15) is 0 Å². The largest absolute Gasteiger partial charge is 0.497 e. The number of aromatic nitrogens is 2. The number of ether oxygens (including phenoxy) is 1. The van der Waals surface area contributed by atoms with E-state index in [2.05, 4.69) is 9.97 Å². The number of hydrogen-bond acceptors (Lipinski definition) is 6. The molecular weight excluding hydrogens is 332 g/mol. The maximum absolute atomic E-state index is 10.8. The molecule has 0 unspecified atom stereocenters. The molecule has 1 heterocycles. The van der Waals surface area contributed by atoms with Crippen LogP contribution in [-0.4, -0.2) is 36.1 Å². The minimum atomic E-state index is -0.419. The minimum absolute atomic E-state index is 0.0472. The molecule has 3 aromatic rings. The van der Waals surface area contributed by atoms with Crippen LogP contribution in [0.3, 0.4) is 0 Å². The number of nitrogens with zero attached hydrogens (tertiary/aromatic N) is 4. The second-order valence-corrected chi connectivity index (χ2v) is 5.87. The van der Waals surface area contributed by atoms with Gasteiger partial charge < -0.3 is 9.64 Å². The molecule has 0 amide bonds. The summed E-state index contributed by atoms with van der Waals surface area (Å²) in [5.41, 5.74) is 3.23. The number of anilines is 1. The second kappa shape index (κ2) is 7.18. The molecule has 26 heavy (non-hydrogen) atoms. The monoisotopic (exact) mass is 350 g/mol. The van der Waals surface area contributed by atoms with E-state index in [1.165, 1.54) is 12.1 Å². The summed E-state index contributed by atoms with van der Waals surface area (Å²) in [6, 6.07) is 15.8. The molecule has 0 atom stereocenters. The zero-order chi connectivity index (χ0) is 18.7. The van der Waals surface area contributed by atoms with E-state index in [1.807, 2.05) is 49.3 Å². The Morgan fingerprint density at radius 2 is 1.42 bits per heavy atom. The van der Waals surface area contributed by atoms with E-state index >= 15 is 0 Å². The van der Waals surface area contributed by atoms with Crippen LogP contribution in [-0.2, 0) is 0 Å². The molecule has 3 rings (SSSR count). The summed E-state index contributed by atoms with van der Waals surface area (Å²) >= 11 is 0. The zero-order valence-electron chi connectivity index (χ0n) is 14.7. The highest BCUT2D eigenvalue weighted by molar-refractivity contribution is 5.70. The van der Waals surface area contributed by atoms with E-state index in [4.69, 9.17) is 4.74 Å². The summed E-state index contributed by atoms with van der Waals surface area (Å²) in [6.07, 6.45) is 0. The number of benzene rings is 2. The lowest BCUT2D eigenvalue weighted by Crippen LogP contribution is -2.13. The van der Waals surface area contributed by atoms with Gasteiger partial charge in [-0.25, -0.2) is 9.97 Å². The number of hydrogen-bond donors (Lipinski definition) is 0. The fourth-order valence-electron chi connectivity index (χ4n) is 2.45. The van der Waals surface area contributed by atoms with Crippen LogP contribution in [0.2, 0.25) is 0 Å². The molecule has 0 spiro atoms. The van der Waals surface area contributed by atoms with Crippen LogP contribution in [0.25, 0.3) is 22.5 Å². The topological polar surface area (TPSA) is 81.4 Å². The lowest BCUT2D eigenvalue weighted by Gasteiger charge is -2.14. The Bertz CT molecular complexity index is 923. The standard InChI is InChI=1S/C19H18N4O3/c1-22(2)19-20-17(13-4-8-15(9-5-13)23(24)25)12-18(21-19)14-6-10-16(26-3)11-7-14/h4-12H,1-3H3. The molecule has 0 aliphatic heterocycles. The van der Waals surface area contributed by atoms with Gasteiger partial charge in [-0.05, 0) is 42.5 Å². The van der Waals surface area contributed by atoms with Gasteiger partial charge in [0.2, 0.25) is 5.95 Å². The van der Waals surface area contributed by atoms with E-state index in [1.54, 1.807) is 19.2 Å². The second-order valence-electron chi connectivity index (χ2n) is 5.87. The van der Waals surface area contributed by atoms with Gasteiger partial charge in [-0.1, -0.05) is 0 Å². The third kappa shape index (κ3) is 3.61. The minimum Gasteiger partial charge on any atom is -0.497 e. The molecular formula is C19H18N4O3. The molecule has 132 valence electrons. The SMILES string of the molecule is COc1ccc(-c2cc(-c3ccc([N+](=O)[O-])cc3)nc(N(C)C)n2)cc1. The first-order chi connectivity index (χ1) is 12.5. The summed E-state index contributed by atoms with van der Waals surface area (Å²) < 4.78 is 5.19. The molecule has 0 saturated carbocycles. The normalized spacial score (nSPS) is 10.4. The summed E-state index contributed by atoms with van der Waals surface area (Å²) in [6.45, 7) is 0. The smallest absolute Gasteiger partial charge is 0.269 e. The summed E-state index contributed by atoms with van der Waals surface area (Å²) in [7, 11) is 5.36. The van der Waals surface area contributed by atoms with Gasteiger partial charge in [0.05, 0.1) is 23.4 Å².